The molecular formula is C20H30N4O3S. The first kappa shape index (κ1) is 18.6. The van der Waals surface area contributed by atoms with Gasteiger partial charge in [0, 0.05) is 32.6 Å². The van der Waals surface area contributed by atoms with Crippen LogP contribution in [-0.4, -0.2) is 59.7 Å². The van der Waals surface area contributed by atoms with Crippen molar-refractivity contribution in [1.29, 1.82) is 0 Å². The average Bonchev–Trinajstić information content (AvgIpc) is 3.05. The van der Waals surface area contributed by atoms with Crippen molar-refractivity contribution in [3.05, 3.63) is 12.5 Å². The SMILES string of the molecule is O=C(CC12CC3CC(CC(C3)C1)C2)N1CCCN(S(=O)(=O)c2cnc[nH]2)CC1. The van der Waals surface area contributed by atoms with E-state index in [1.807, 2.05) is 4.90 Å². The third-order valence-electron chi connectivity index (χ3n) is 7.59. The van der Waals surface area contributed by atoms with Crippen LogP contribution in [-0.2, 0) is 14.8 Å². The van der Waals surface area contributed by atoms with E-state index in [1.165, 1.54) is 55.4 Å². The minimum absolute atomic E-state index is 0.126. The number of amides is 1. The van der Waals surface area contributed by atoms with Gasteiger partial charge >= 0.3 is 0 Å². The Morgan fingerprint density at radius 1 is 1.07 bits per heavy atom. The van der Waals surface area contributed by atoms with Gasteiger partial charge in [-0.15, -0.1) is 0 Å². The fourth-order valence-corrected chi connectivity index (χ4v) is 8.21. The summed E-state index contributed by atoms with van der Waals surface area (Å²) in [4.78, 5) is 21.6. The van der Waals surface area contributed by atoms with Crippen molar-refractivity contribution in [3.8, 4) is 0 Å². The van der Waals surface area contributed by atoms with Gasteiger partial charge in [0.2, 0.25) is 5.91 Å². The van der Waals surface area contributed by atoms with E-state index < -0.39 is 10.0 Å². The molecule has 4 bridgehead atoms. The van der Waals surface area contributed by atoms with Crippen LogP contribution >= 0.6 is 0 Å². The number of aromatic nitrogens is 2. The van der Waals surface area contributed by atoms with Crippen molar-refractivity contribution in [3.63, 3.8) is 0 Å². The molecule has 1 aromatic heterocycles. The van der Waals surface area contributed by atoms with E-state index in [2.05, 4.69) is 9.97 Å². The monoisotopic (exact) mass is 406 g/mol. The summed E-state index contributed by atoms with van der Waals surface area (Å²) in [6.45, 7) is 1.94. The number of hydrogen-bond acceptors (Lipinski definition) is 4. The lowest BCUT2D eigenvalue weighted by atomic mass is 9.49. The van der Waals surface area contributed by atoms with Crippen molar-refractivity contribution in [2.24, 2.45) is 23.2 Å². The lowest BCUT2D eigenvalue weighted by molar-refractivity contribution is -0.139. The summed E-state index contributed by atoms with van der Waals surface area (Å²) < 4.78 is 26.9. The summed E-state index contributed by atoms with van der Waals surface area (Å²) in [5.74, 6) is 2.78. The van der Waals surface area contributed by atoms with Gasteiger partial charge in [-0.1, -0.05) is 0 Å². The molecule has 28 heavy (non-hydrogen) atoms. The number of imidazole rings is 1. The van der Waals surface area contributed by atoms with Gasteiger partial charge in [-0.25, -0.2) is 13.4 Å². The molecule has 0 atom stereocenters. The number of H-pyrrole nitrogens is 1. The van der Waals surface area contributed by atoms with Gasteiger partial charge < -0.3 is 9.88 Å². The van der Waals surface area contributed by atoms with E-state index in [4.69, 9.17) is 0 Å². The van der Waals surface area contributed by atoms with Crippen molar-refractivity contribution in [2.45, 2.75) is 56.4 Å². The Labute approximate surface area is 166 Å². The largest absolute Gasteiger partial charge is 0.341 e. The Kier molecular flexibility index (Phi) is 4.54. The van der Waals surface area contributed by atoms with Crippen LogP contribution in [0.5, 0.6) is 0 Å². The predicted molar refractivity (Wildman–Crippen MR) is 104 cm³/mol. The molecule has 2 heterocycles. The number of nitrogens with zero attached hydrogens (tertiary/aromatic N) is 3. The molecule has 154 valence electrons. The third-order valence-corrected chi connectivity index (χ3v) is 9.41. The molecule has 5 fully saturated rings. The van der Waals surface area contributed by atoms with E-state index in [-0.39, 0.29) is 16.3 Å². The van der Waals surface area contributed by atoms with E-state index in [1.54, 1.807) is 0 Å². The van der Waals surface area contributed by atoms with Crippen LogP contribution in [0.2, 0.25) is 0 Å². The molecule has 0 radical (unpaired) electrons. The second kappa shape index (κ2) is 6.83. The molecule has 5 aliphatic rings. The lowest BCUT2D eigenvalue weighted by Gasteiger charge is -2.57. The quantitative estimate of drug-likeness (QED) is 0.831. The Morgan fingerprint density at radius 3 is 2.36 bits per heavy atom. The van der Waals surface area contributed by atoms with Crippen molar-refractivity contribution in [2.75, 3.05) is 26.2 Å². The highest BCUT2D eigenvalue weighted by atomic mass is 32.2. The zero-order valence-electron chi connectivity index (χ0n) is 16.3. The summed E-state index contributed by atoms with van der Waals surface area (Å²) in [6.07, 6.45) is 11.9. The van der Waals surface area contributed by atoms with E-state index >= 15 is 0 Å². The first-order valence-corrected chi connectivity index (χ1v) is 12.1. The van der Waals surface area contributed by atoms with Gasteiger partial charge in [0.05, 0.1) is 12.5 Å². The minimum atomic E-state index is -3.56. The number of carbonyl (C=O) groups is 1. The van der Waals surface area contributed by atoms with Crippen LogP contribution in [0.4, 0.5) is 0 Å². The van der Waals surface area contributed by atoms with Crippen LogP contribution in [0.15, 0.2) is 17.6 Å². The van der Waals surface area contributed by atoms with Gasteiger partial charge in [-0.2, -0.15) is 4.31 Å². The summed E-state index contributed by atoms with van der Waals surface area (Å²) >= 11 is 0. The van der Waals surface area contributed by atoms with E-state index in [0.717, 1.165) is 17.8 Å². The first-order valence-electron chi connectivity index (χ1n) is 10.7. The summed E-state index contributed by atoms with van der Waals surface area (Å²) in [6, 6.07) is 0. The number of rotatable bonds is 4. The maximum absolute atomic E-state index is 13.2. The smallest absolute Gasteiger partial charge is 0.260 e. The van der Waals surface area contributed by atoms with E-state index in [0.29, 0.717) is 39.0 Å². The van der Waals surface area contributed by atoms with Gasteiger partial charge in [0.25, 0.3) is 10.0 Å². The number of sulfonamides is 1. The number of carbonyl (C=O) groups excluding carboxylic acids is 1. The van der Waals surface area contributed by atoms with Gasteiger partial charge in [-0.3, -0.25) is 4.79 Å². The first-order chi connectivity index (χ1) is 13.4. The molecular weight excluding hydrogens is 376 g/mol. The average molecular weight is 407 g/mol. The molecule has 7 nitrogen and oxygen atoms in total. The molecule has 0 aromatic carbocycles. The summed E-state index contributed by atoms with van der Waals surface area (Å²) in [5.41, 5.74) is 0.236. The molecule has 0 unspecified atom stereocenters. The highest BCUT2D eigenvalue weighted by Gasteiger charge is 2.51. The molecule has 1 N–H and O–H groups in total. The molecule has 4 aliphatic carbocycles. The zero-order chi connectivity index (χ0) is 19.4. The van der Waals surface area contributed by atoms with Gasteiger partial charge in [-0.05, 0) is 68.1 Å². The fraction of sp³-hybridized carbons (Fsp3) is 0.800. The van der Waals surface area contributed by atoms with Crippen LogP contribution in [0.3, 0.4) is 0 Å². The summed E-state index contributed by atoms with van der Waals surface area (Å²) in [7, 11) is -3.56. The van der Waals surface area contributed by atoms with Gasteiger partial charge in [0.15, 0.2) is 5.03 Å². The Bertz CT molecular complexity index is 800. The zero-order valence-corrected chi connectivity index (χ0v) is 17.2. The number of hydrogen-bond donors (Lipinski definition) is 1. The van der Waals surface area contributed by atoms with Crippen LogP contribution in [0.25, 0.3) is 0 Å². The number of aromatic amines is 1. The van der Waals surface area contributed by atoms with Crippen molar-refractivity contribution in [1.82, 2.24) is 19.2 Å². The van der Waals surface area contributed by atoms with Crippen molar-refractivity contribution < 1.29 is 13.2 Å². The Hall–Kier alpha value is -1.41. The molecule has 0 spiro atoms. The van der Waals surface area contributed by atoms with Crippen molar-refractivity contribution >= 4 is 15.9 Å². The topological polar surface area (TPSA) is 86.4 Å². The molecule has 4 saturated carbocycles. The predicted octanol–water partition coefficient (Wildman–Crippen LogP) is 2.24. The Balaban J connectivity index is 1.24. The molecule has 1 aromatic rings. The molecule has 8 heteroatoms. The lowest BCUT2D eigenvalue weighted by Crippen LogP contribution is -2.48. The number of nitrogens with one attached hydrogen (secondary N) is 1. The molecule has 6 rings (SSSR count). The fourth-order valence-electron chi connectivity index (χ4n) is 6.85. The maximum Gasteiger partial charge on any atom is 0.260 e. The molecule has 1 saturated heterocycles. The second-order valence-electron chi connectivity index (χ2n) is 9.65. The second-order valence-corrected chi connectivity index (χ2v) is 11.6. The van der Waals surface area contributed by atoms with Crippen LogP contribution in [0, 0.1) is 23.2 Å². The highest BCUT2D eigenvalue weighted by molar-refractivity contribution is 7.89. The highest BCUT2D eigenvalue weighted by Crippen LogP contribution is 2.61. The normalized spacial score (nSPS) is 35.9. The van der Waals surface area contributed by atoms with E-state index in [9.17, 15) is 13.2 Å². The molecule has 1 aliphatic heterocycles. The Morgan fingerprint density at radius 2 is 1.75 bits per heavy atom. The molecule has 1 amide bonds. The van der Waals surface area contributed by atoms with Crippen LogP contribution in [0.1, 0.15) is 51.4 Å². The van der Waals surface area contributed by atoms with Crippen LogP contribution < -0.4 is 0 Å². The maximum atomic E-state index is 13.2. The van der Waals surface area contributed by atoms with Gasteiger partial charge in [0.1, 0.15) is 0 Å². The minimum Gasteiger partial charge on any atom is -0.341 e. The standard InChI is InChI=1S/C20H30N4O3S/c25-19(12-20-9-15-6-16(10-20)8-17(7-15)11-20)23-2-1-3-24(5-4-23)28(26,27)18-13-21-14-22-18/h13-17H,1-12H2,(H,21,22). The third kappa shape index (κ3) is 3.28. The summed E-state index contributed by atoms with van der Waals surface area (Å²) in [5, 5.41) is 0.126.